The normalized spacial score (nSPS) is 30.1. The van der Waals surface area contributed by atoms with Crippen LogP contribution in [0.25, 0.3) is 0 Å². The van der Waals surface area contributed by atoms with Crippen LogP contribution in [0.4, 0.5) is 5.69 Å². The lowest BCUT2D eigenvalue weighted by Crippen LogP contribution is -2.60. The Balaban J connectivity index is 1.29. The molecule has 5 aliphatic rings. The molecule has 7 rings (SSSR count). The number of fused-ring (bicyclic) bond motifs is 2. The van der Waals surface area contributed by atoms with E-state index in [2.05, 4.69) is 0 Å². The molecular weight excluding hydrogens is 582 g/mol. The molecule has 6 atom stereocenters. The van der Waals surface area contributed by atoms with Crippen LogP contribution < -0.4 is 9.64 Å². The molecule has 4 aliphatic heterocycles. The molecule has 3 amide bonds. The second-order valence-corrected chi connectivity index (χ2v) is 13.1. The number of nitrogens with zero attached hydrogens (tertiary/aromatic N) is 3. The van der Waals surface area contributed by atoms with Crippen molar-refractivity contribution in [2.24, 2.45) is 11.8 Å². The van der Waals surface area contributed by atoms with Gasteiger partial charge in [-0.25, -0.2) is 0 Å². The molecule has 1 saturated carbocycles. The summed E-state index contributed by atoms with van der Waals surface area (Å²) in [7, 11) is 0. The van der Waals surface area contributed by atoms with Crippen molar-refractivity contribution in [1.29, 1.82) is 0 Å². The molecule has 4 heterocycles. The Kier molecular flexibility index (Phi) is 8.46. The zero-order valence-electron chi connectivity index (χ0n) is 26.4. The molecule has 9 heteroatoms. The van der Waals surface area contributed by atoms with E-state index in [-0.39, 0.29) is 30.4 Å². The third-order valence-corrected chi connectivity index (χ3v) is 10.5. The van der Waals surface area contributed by atoms with Crippen LogP contribution in [0.3, 0.4) is 0 Å². The lowest BCUT2D eigenvalue weighted by molar-refractivity contribution is -0.152. The Labute approximate surface area is 270 Å². The standard InChI is InChI=1S/C37H43N3O6/c1-2-45-29-18-16-27(17-19-29)38-21-9-15-30-31(34(38)42)32-35(43)40(28(24-41)23-25-11-5-3-6-12-25)33-36(44)39(26-13-7-4-8-14-26)22-10-20-37(32,33)46-30/h3,5-6,9-12,15-20,26,28,30-33,41H,2,4,7-8,13-14,21-24H2,1H3/t28-,30+,31-,32+,33?,37+/m1/s1. The molecule has 242 valence electrons. The fraction of sp³-hybridized carbons (Fsp3) is 0.486. The zero-order valence-corrected chi connectivity index (χ0v) is 26.4. The van der Waals surface area contributed by atoms with Crippen LogP contribution in [0.5, 0.6) is 5.75 Å². The monoisotopic (exact) mass is 625 g/mol. The van der Waals surface area contributed by atoms with Crippen molar-refractivity contribution in [3.63, 3.8) is 0 Å². The number of hydrogen-bond acceptors (Lipinski definition) is 6. The van der Waals surface area contributed by atoms with Gasteiger partial charge in [0.15, 0.2) is 0 Å². The van der Waals surface area contributed by atoms with Crippen LogP contribution in [0.1, 0.15) is 44.6 Å². The molecule has 9 nitrogen and oxygen atoms in total. The van der Waals surface area contributed by atoms with Gasteiger partial charge in [-0.1, -0.05) is 73.9 Å². The summed E-state index contributed by atoms with van der Waals surface area (Å²) in [5.41, 5.74) is 0.320. The van der Waals surface area contributed by atoms with Gasteiger partial charge in [0.05, 0.1) is 37.2 Å². The van der Waals surface area contributed by atoms with Crippen molar-refractivity contribution in [2.75, 3.05) is 31.2 Å². The fourth-order valence-corrected chi connectivity index (χ4v) is 8.47. The van der Waals surface area contributed by atoms with Gasteiger partial charge >= 0.3 is 0 Å². The van der Waals surface area contributed by atoms with E-state index in [1.165, 1.54) is 0 Å². The van der Waals surface area contributed by atoms with E-state index in [9.17, 15) is 19.5 Å². The van der Waals surface area contributed by atoms with Gasteiger partial charge in [-0.05, 0) is 56.0 Å². The number of carbonyl (C=O) groups is 3. The topological polar surface area (TPSA) is 99.6 Å². The molecule has 2 saturated heterocycles. The fourth-order valence-electron chi connectivity index (χ4n) is 8.47. The number of rotatable bonds is 8. The lowest BCUT2D eigenvalue weighted by atomic mass is 9.77. The van der Waals surface area contributed by atoms with Gasteiger partial charge in [0.1, 0.15) is 17.4 Å². The number of aliphatic hydroxyl groups is 1. The zero-order chi connectivity index (χ0) is 31.8. The number of ether oxygens (including phenoxy) is 2. The highest BCUT2D eigenvalue weighted by atomic mass is 16.5. The van der Waals surface area contributed by atoms with Crippen LogP contribution >= 0.6 is 0 Å². The number of hydrogen-bond donors (Lipinski definition) is 1. The summed E-state index contributed by atoms with van der Waals surface area (Å²) in [6.07, 6.45) is 12.5. The highest BCUT2D eigenvalue weighted by molar-refractivity contribution is 6.04. The minimum atomic E-state index is -1.33. The third kappa shape index (κ3) is 5.14. The van der Waals surface area contributed by atoms with Crippen molar-refractivity contribution >= 4 is 23.4 Å². The summed E-state index contributed by atoms with van der Waals surface area (Å²) >= 11 is 0. The number of likely N-dealkylation sites (tertiary alicyclic amines) is 1. The molecule has 2 aromatic carbocycles. The molecule has 0 bridgehead atoms. The molecule has 0 aromatic heterocycles. The van der Waals surface area contributed by atoms with Gasteiger partial charge in [-0.3, -0.25) is 14.4 Å². The van der Waals surface area contributed by atoms with Gasteiger partial charge in [0.2, 0.25) is 17.7 Å². The van der Waals surface area contributed by atoms with Gasteiger partial charge in [0, 0.05) is 24.8 Å². The summed E-state index contributed by atoms with van der Waals surface area (Å²) in [4.78, 5) is 49.4. The smallest absolute Gasteiger partial charge is 0.249 e. The summed E-state index contributed by atoms with van der Waals surface area (Å²) in [5, 5.41) is 10.8. The Hall–Kier alpha value is -3.95. The summed E-state index contributed by atoms with van der Waals surface area (Å²) in [5.74, 6) is -1.72. The maximum atomic E-state index is 14.9. The average Bonchev–Trinajstić information content (AvgIpc) is 3.40. The van der Waals surface area contributed by atoms with Crippen molar-refractivity contribution in [3.8, 4) is 5.75 Å². The first-order valence-electron chi connectivity index (χ1n) is 16.8. The molecule has 46 heavy (non-hydrogen) atoms. The Morgan fingerprint density at radius 2 is 1.70 bits per heavy atom. The van der Waals surface area contributed by atoms with Gasteiger partial charge < -0.3 is 29.3 Å². The minimum Gasteiger partial charge on any atom is -0.494 e. The molecule has 1 unspecified atom stereocenters. The molecule has 1 N–H and O–H groups in total. The second kappa shape index (κ2) is 12.7. The summed E-state index contributed by atoms with van der Waals surface area (Å²) in [6.45, 7) is 2.91. The quantitative estimate of drug-likeness (QED) is 0.447. The van der Waals surface area contributed by atoms with E-state index in [0.717, 1.165) is 37.7 Å². The number of benzene rings is 2. The molecule has 2 aromatic rings. The van der Waals surface area contributed by atoms with Crippen LogP contribution in [0.2, 0.25) is 0 Å². The van der Waals surface area contributed by atoms with Gasteiger partial charge in [-0.15, -0.1) is 0 Å². The predicted octanol–water partition coefficient (Wildman–Crippen LogP) is 3.90. The summed E-state index contributed by atoms with van der Waals surface area (Å²) in [6, 6.07) is 15.5. The number of aliphatic hydroxyl groups excluding tert-OH is 1. The second-order valence-electron chi connectivity index (χ2n) is 13.1. The Morgan fingerprint density at radius 3 is 2.41 bits per heavy atom. The molecule has 3 fully saturated rings. The first kappa shape index (κ1) is 30.7. The van der Waals surface area contributed by atoms with Crippen LogP contribution in [-0.2, 0) is 25.5 Å². The van der Waals surface area contributed by atoms with E-state index in [1.807, 2.05) is 90.7 Å². The van der Waals surface area contributed by atoms with Gasteiger partial charge in [0.25, 0.3) is 0 Å². The Bertz CT molecular complexity index is 1500. The van der Waals surface area contributed by atoms with Crippen molar-refractivity contribution in [2.45, 2.75) is 75.3 Å². The van der Waals surface area contributed by atoms with E-state index in [0.29, 0.717) is 37.6 Å². The third-order valence-electron chi connectivity index (χ3n) is 10.5. The number of amides is 3. The molecule has 0 radical (unpaired) electrons. The lowest BCUT2D eigenvalue weighted by Gasteiger charge is -2.41. The first-order valence-corrected chi connectivity index (χ1v) is 16.8. The van der Waals surface area contributed by atoms with Gasteiger partial charge in [-0.2, -0.15) is 0 Å². The maximum absolute atomic E-state index is 14.9. The highest BCUT2D eigenvalue weighted by Gasteiger charge is 2.72. The van der Waals surface area contributed by atoms with Crippen LogP contribution in [0, 0.1) is 11.8 Å². The van der Waals surface area contributed by atoms with E-state index in [4.69, 9.17) is 9.47 Å². The van der Waals surface area contributed by atoms with Crippen LogP contribution in [0.15, 0.2) is 78.9 Å². The van der Waals surface area contributed by atoms with E-state index >= 15 is 0 Å². The van der Waals surface area contributed by atoms with E-state index < -0.39 is 35.6 Å². The van der Waals surface area contributed by atoms with Crippen molar-refractivity contribution in [1.82, 2.24) is 9.80 Å². The summed E-state index contributed by atoms with van der Waals surface area (Å²) < 4.78 is 12.5. The number of anilines is 1. The largest absolute Gasteiger partial charge is 0.494 e. The van der Waals surface area contributed by atoms with Crippen molar-refractivity contribution in [3.05, 3.63) is 84.5 Å². The SMILES string of the molecule is CCOc1ccc(N2CC=C[C@@H]3O[C@]45C=CCN(C6CCCCC6)C(=O)C4N([C@@H](CO)Cc4ccccc4)C(=O)[C@@H]5[C@@H]3C2=O)cc1. The highest BCUT2D eigenvalue weighted by Crippen LogP contribution is 2.54. The van der Waals surface area contributed by atoms with E-state index in [1.54, 1.807) is 9.80 Å². The molecular formula is C37H43N3O6. The van der Waals surface area contributed by atoms with Crippen LogP contribution in [-0.4, -0.2) is 88.8 Å². The Morgan fingerprint density at radius 1 is 0.935 bits per heavy atom. The molecule has 1 spiro atoms. The average molecular weight is 626 g/mol. The molecule has 1 aliphatic carbocycles. The van der Waals surface area contributed by atoms with Crippen molar-refractivity contribution < 1.29 is 29.0 Å². The number of carbonyl (C=O) groups excluding carboxylic acids is 3. The minimum absolute atomic E-state index is 0.0855. The predicted molar refractivity (Wildman–Crippen MR) is 173 cm³/mol. The maximum Gasteiger partial charge on any atom is 0.249 e. The first-order chi connectivity index (χ1) is 22.5.